The fourth-order valence-electron chi connectivity index (χ4n) is 3.79. The SMILES string of the molecule is Cn1c(-c2ncc(F)cc2-c2cncc(F)c2)cc(C(N)=O)c1-c1cc(Cl)cc(NS(C)(=O)=O)c1. The monoisotopic (exact) mass is 517 g/mol. The van der Waals surface area contributed by atoms with E-state index in [0.29, 0.717) is 17.0 Å². The van der Waals surface area contributed by atoms with Crippen LogP contribution in [0.4, 0.5) is 14.5 Å². The molecule has 0 aliphatic carbocycles. The van der Waals surface area contributed by atoms with Crippen LogP contribution >= 0.6 is 11.6 Å². The lowest BCUT2D eigenvalue weighted by Crippen LogP contribution is -2.12. The number of pyridine rings is 2. The minimum Gasteiger partial charge on any atom is -0.366 e. The van der Waals surface area contributed by atoms with E-state index in [1.54, 1.807) is 11.6 Å². The lowest BCUT2D eigenvalue weighted by atomic mass is 10.0. The predicted octanol–water partition coefficient (Wildman–Crippen LogP) is 4.22. The zero-order chi connectivity index (χ0) is 25.5. The van der Waals surface area contributed by atoms with Crippen LogP contribution in [0.5, 0.6) is 0 Å². The van der Waals surface area contributed by atoms with Crippen LogP contribution in [-0.4, -0.2) is 35.1 Å². The molecule has 1 aromatic carbocycles. The van der Waals surface area contributed by atoms with Crippen LogP contribution in [0.15, 0.2) is 55.0 Å². The number of carbonyl (C=O) groups is 1. The standard InChI is InChI=1S/C23H18ClF2N5O3S/c1-31-20(21-18(7-16(26)11-29-21)13-4-15(25)10-28-9-13)8-19(23(27)32)22(31)12-3-14(24)6-17(5-12)30-35(2,33)34/h3-11,30H,1-2H3,(H2,27,32). The number of carbonyl (C=O) groups excluding carboxylic acids is 1. The Morgan fingerprint density at radius 1 is 1.03 bits per heavy atom. The maximum atomic E-state index is 14.1. The van der Waals surface area contributed by atoms with Crippen LogP contribution in [0.3, 0.4) is 0 Å². The van der Waals surface area contributed by atoms with Crippen molar-refractivity contribution in [3.8, 4) is 33.8 Å². The van der Waals surface area contributed by atoms with Gasteiger partial charge in [0.05, 0.1) is 47.0 Å². The molecule has 0 saturated carbocycles. The largest absolute Gasteiger partial charge is 0.366 e. The molecule has 0 fully saturated rings. The fourth-order valence-corrected chi connectivity index (χ4v) is 4.57. The van der Waals surface area contributed by atoms with Gasteiger partial charge in [0.15, 0.2) is 0 Å². The molecule has 0 radical (unpaired) electrons. The average molecular weight is 518 g/mol. The summed E-state index contributed by atoms with van der Waals surface area (Å²) in [5.41, 5.74) is 7.75. The van der Waals surface area contributed by atoms with Gasteiger partial charge in [-0.1, -0.05) is 11.6 Å². The normalized spacial score (nSPS) is 11.5. The third-order valence-electron chi connectivity index (χ3n) is 5.09. The molecular formula is C23H18ClF2N5O3S. The molecule has 0 unspecified atom stereocenters. The van der Waals surface area contributed by atoms with Gasteiger partial charge in [-0.25, -0.2) is 17.2 Å². The van der Waals surface area contributed by atoms with E-state index in [0.717, 1.165) is 18.6 Å². The van der Waals surface area contributed by atoms with Gasteiger partial charge in [-0.15, -0.1) is 0 Å². The summed E-state index contributed by atoms with van der Waals surface area (Å²) in [4.78, 5) is 20.4. The molecule has 35 heavy (non-hydrogen) atoms. The number of hydrogen-bond acceptors (Lipinski definition) is 5. The molecule has 3 aromatic heterocycles. The highest BCUT2D eigenvalue weighted by Gasteiger charge is 2.23. The minimum absolute atomic E-state index is 0.0875. The van der Waals surface area contributed by atoms with E-state index in [4.69, 9.17) is 17.3 Å². The zero-order valence-corrected chi connectivity index (χ0v) is 20.0. The van der Waals surface area contributed by atoms with Crippen LogP contribution in [-0.2, 0) is 17.1 Å². The first-order valence-corrected chi connectivity index (χ1v) is 12.2. The first-order valence-electron chi connectivity index (χ1n) is 9.98. The smallest absolute Gasteiger partial charge is 0.250 e. The summed E-state index contributed by atoms with van der Waals surface area (Å²) >= 11 is 6.22. The van der Waals surface area contributed by atoms with Gasteiger partial charge in [0.2, 0.25) is 10.0 Å². The summed E-state index contributed by atoms with van der Waals surface area (Å²) in [7, 11) is -1.97. The highest BCUT2D eigenvalue weighted by Crippen LogP contribution is 2.37. The second-order valence-electron chi connectivity index (χ2n) is 7.76. The molecule has 0 saturated heterocycles. The molecule has 0 atom stereocenters. The maximum Gasteiger partial charge on any atom is 0.250 e. The number of hydrogen-bond donors (Lipinski definition) is 2. The molecule has 0 aliphatic rings. The molecule has 180 valence electrons. The number of halogens is 3. The van der Waals surface area contributed by atoms with Crippen LogP contribution in [0.25, 0.3) is 33.8 Å². The summed E-state index contributed by atoms with van der Waals surface area (Å²) in [5, 5.41) is 0.207. The van der Waals surface area contributed by atoms with Crippen molar-refractivity contribution in [3.05, 3.63) is 77.2 Å². The highest BCUT2D eigenvalue weighted by molar-refractivity contribution is 7.92. The van der Waals surface area contributed by atoms with Gasteiger partial charge in [0, 0.05) is 35.0 Å². The molecule has 4 aromatic rings. The number of nitrogens with two attached hydrogens (primary N) is 1. The molecule has 12 heteroatoms. The molecule has 3 N–H and O–H groups in total. The molecule has 0 aliphatic heterocycles. The number of rotatable bonds is 6. The van der Waals surface area contributed by atoms with E-state index in [9.17, 15) is 22.0 Å². The minimum atomic E-state index is -3.60. The number of aromatic nitrogens is 3. The Hall–Kier alpha value is -3.83. The maximum absolute atomic E-state index is 14.1. The first kappa shape index (κ1) is 24.3. The number of benzene rings is 1. The Morgan fingerprint density at radius 3 is 2.40 bits per heavy atom. The van der Waals surface area contributed by atoms with Crippen LogP contribution in [0, 0.1) is 11.6 Å². The second-order valence-corrected chi connectivity index (χ2v) is 9.94. The fraction of sp³-hybridized carbons (Fsp3) is 0.0870. The van der Waals surface area contributed by atoms with Crippen LogP contribution in [0.2, 0.25) is 5.02 Å². The quantitative estimate of drug-likeness (QED) is 0.397. The third-order valence-corrected chi connectivity index (χ3v) is 5.91. The predicted molar refractivity (Wildman–Crippen MR) is 129 cm³/mol. The summed E-state index contributed by atoms with van der Waals surface area (Å²) in [6.45, 7) is 0. The van der Waals surface area contributed by atoms with Gasteiger partial charge < -0.3 is 10.3 Å². The van der Waals surface area contributed by atoms with E-state index in [1.807, 2.05) is 0 Å². The van der Waals surface area contributed by atoms with Gasteiger partial charge in [0.25, 0.3) is 5.91 Å². The Balaban J connectivity index is 1.96. The lowest BCUT2D eigenvalue weighted by molar-refractivity contribution is 0.100. The Kier molecular flexibility index (Phi) is 6.30. The summed E-state index contributed by atoms with van der Waals surface area (Å²) < 4.78 is 55.3. The van der Waals surface area contributed by atoms with Crippen molar-refractivity contribution in [2.24, 2.45) is 12.8 Å². The molecule has 1 amide bonds. The van der Waals surface area contributed by atoms with Crippen molar-refractivity contribution in [2.45, 2.75) is 0 Å². The van der Waals surface area contributed by atoms with E-state index >= 15 is 0 Å². The van der Waals surface area contributed by atoms with Crippen molar-refractivity contribution >= 4 is 33.2 Å². The van der Waals surface area contributed by atoms with Gasteiger partial charge >= 0.3 is 0 Å². The lowest BCUT2D eigenvalue weighted by Gasteiger charge is -2.13. The van der Waals surface area contributed by atoms with Crippen molar-refractivity contribution in [1.29, 1.82) is 0 Å². The summed E-state index contributed by atoms with van der Waals surface area (Å²) in [6, 6.07) is 8.29. The Bertz CT molecular complexity index is 1590. The third kappa shape index (κ3) is 5.15. The molecule has 3 heterocycles. The van der Waals surface area contributed by atoms with Crippen molar-refractivity contribution < 1.29 is 22.0 Å². The summed E-state index contributed by atoms with van der Waals surface area (Å²) in [5.74, 6) is -2.03. The van der Waals surface area contributed by atoms with E-state index in [1.165, 1.54) is 42.6 Å². The molecule has 4 rings (SSSR count). The molecular weight excluding hydrogens is 500 g/mol. The van der Waals surface area contributed by atoms with Crippen LogP contribution < -0.4 is 10.5 Å². The van der Waals surface area contributed by atoms with E-state index in [2.05, 4.69) is 14.7 Å². The van der Waals surface area contributed by atoms with Gasteiger partial charge in [-0.2, -0.15) is 0 Å². The van der Waals surface area contributed by atoms with E-state index < -0.39 is 27.6 Å². The number of primary amides is 1. The number of amides is 1. The van der Waals surface area contributed by atoms with Crippen molar-refractivity contribution in [2.75, 3.05) is 11.0 Å². The van der Waals surface area contributed by atoms with Gasteiger partial charge in [-0.3, -0.25) is 19.5 Å². The molecule has 8 nitrogen and oxygen atoms in total. The molecule has 0 bridgehead atoms. The Labute approximate surface area is 204 Å². The van der Waals surface area contributed by atoms with Crippen molar-refractivity contribution in [3.63, 3.8) is 0 Å². The zero-order valence-electron chi connectivity index (χ0n) is 18.4. The Morgan fingerprint density at radius 2 is 1.74 bits per heavy atom. The topological polar surface area (TPSA) is 120 Å². The number of sulfonamides is 1. The number of anilines is 1. The van der Waals surface area contributed by atoms with Gasteiger partial charge in [0.1, 0.15) is 11.6 Å². The number of nitrogens with zero attached hydrogens (tertiary/aromatic N) is 3. The summed E-state index contributed by atoms with van der Waals surface area (Å²) in [6.07, 6.45) is 4.37. The van der Waals surface area contributed by atoms with Gasteiger partial charge in [-0.05, 0) is 36.4 Å². The number of nitrogens with one attached hydrogen (secondary N) is 1. The molecule has 0 spiro atoms. The highest BCUT2D eigenvalue weighted by atomic mass is 35.5. The van der Waals surface area contributed by atoms with E-state index in [-0.39, 0.29) is 33.1 Å². The average Bonchev–Trinajstić information content (AvgIpc) is 3.09. The van der Waals surface area contributed by atoms with Crippen molar-refractivity contribution in [1.82, 2.24) is 14.5 Å². The second kappa shape index (κ2) is 9.08. The van der Waals surface area contributed by atoms with Crippen LogP contribution in [0.1, 0.15) is 10.4 Å². The first-order chi connectivity index (χ1) is 16.4.